The molecule has 1 aromatic carbocycles. The number of rotatable bonds is 3. The number of hydrogen-bond donors (Lipinski definition) is 1. The summed E-state index contributed by atoms with van der Waals surface area (Å²) in [4.78, 5) is 43.2. The van der Waals surface area contributed by atoms with E-state index in [-0.39, 0.29) is 6.54 Å². The quantitative estimate of drug-likeness (QED) is 0.825. The number of fused-ring (bicyclic) bond motifs is 2. The van der Waals surface area contributed by atoms with Crippen LogP contribution in [-0.2, 0) is 22.4 Å². The van der Waals surface area contributed by atoms with E-state index in [4.69, 9.17) is 9.72 Å². The predicted octanol–water partition coefficient (Wildman–Crippen LogP) is 2.46. The van der Waals surface area contributed by atoms with Crippen LogP contribution in [0.3, 0.4) is 0 Å². The molecule has 0 saturated carbocycles. The van der Waals surface area contributed by atoms with Crippen LogP contribution in [0, 0.1) is 5.92 Å². The van der Waals surface area contributed by atoms with E-state index in [1.54, 1.807) is 0 Å². The molecule has 3 amide bonds. The second-order valence-electron chi connectivity index (χ2n) is 7.55. The van der Waals surface area contributed by atoms with Crippen molar-refractivity contribution in [2.75, 3.05) is 13.1 Å². The lowest BCUT2D eigenvalue weighted by molar-refractivity contribution is -0.136. The van der Waals surface area contributed by atoms with E-state index in [1.165, 1.54) is 6.92 Å². The molecule has 0 bridgehead atoms. The van der Waals surface area contributed by atoms with Crippen molar-refractivity contribution < 1.29 is 19.1 Å². The molecule has 1 N–H and O–H groups in total. The van der Waals surface area contributed by atoms with Crippen LogP contribution in [0.5, 0.6) is 0 Å². The summed E-state index contributed by atoms with van der Waals surface area (Å²) in [6.45, 7) is 4.35. The first-order valence-electron chi connectivity index (χ1n) is 9.66. The van der Waals surface area contributed by atoms with Gasteiger partial charge in [0.25, 0.3) is 5.91 Å². The SMILES string of the molecule is C[C@H]1CCc2nc3ccccc3c(C(=O)O[C@@H](C)C(=O)N3CCNC3=O)c2C1. The Hall–Kier alpha value is -2.96. The Bertz CT molecular complexity index is 972. The number of benzene rings is 1. The highest BCUT2D eigenvalue weighted by Crippen LogP contribution is 2.32. The highest BCUT2D eigenvalue weighted by atomic mass is 16.5. The van der Waals surface area contributed by atoms with Crippen molar-refractivity contribution in [3.63, 3.8) is 0 Å². The summed E-state index contributed by atoms with van der Waals surface area (Å²) in [7, 11) is 0. The first kappa shape index (κ1) is 18.4. The minimum atomic E-state index is -1.04. The minimum absolute atomic E-state index is 0.282. The number of aromatic nitrogens is 1. The maximum absolute atomic E-state index is 13.1. The number of ether oxygens (including phenoxy) is 1. The predicted molar refractivity (Wildman–Crippen MR) is 103 cm³/mol. The van der Waals surface area contributed by atoms with Crippen LogP contribution in [0.15, 0.2) is 24.3 Å². The molecule has 28 heavy (non-hydrogen) atoms. The summed E-state index contributed by atoms with van der Waals surface area (Å²) < 4.78 is 5.53. The lowest BCUT2D eigenvalue weighted by Crippen LogP contribution is -2.42. The fraction of sp³-hybridized carbons (Fsp3) is 0.429. The van der Waals surface area contributed by atoms with E-state index in [2.05, 4.69) is 12.2 Å². The van der Waals surface area contributed by atoms with Crippen LogP contribution < -0.4 is 5.32 Å². The number of hydrogen-bond acceptors (Lipinski definition) is 5. The van der Waals surface area contributed by atoms with Crippen molar-refractivity contribution in [2.45, 2.75) is 39.2 Å². The average molecular weight is 381 g/mol. The van der Waals surface area contributed by atoms with E-state index >= 15 is 0 Å². The van der Waals surface area contributed by atoms with Crippen molar-refractivity contribution in [1.82, 2.24) is 15.2 Å². The smallest absolute Gasteiger partial charge is 0.339 e. The maximum atomic E-state index is 13.1. The first-order valence-corrected chi connectivity index (χ1v) is 9.66. The zero-order valence-electron chi connectivity index (χ0n) is 16.0. The Morgan fingerprint density at radius 1 is 1.32 bits per heavy atom. The first-order chi connectivity index (χ1) is 13.5. The molecule has 1 fully saturated rings. The van der Waals surface area contributed by atoms with Crippen LogP contribution in [-0.4, -0.2) is 47.0 Å². The van der Waals surface area contributed by atoms with Gasteiger partial charge in [0.15, 0.2) is 6.10 Å². The van der Waals surface area contributed by atoms with Gasteiger partial charge in [0.2, 0.25) is 0 Å². The summed E-state index contributed by atoms with van der Waals surface area (Å²) in [5.41, 5.74) is 3.10. The van der Waals surface area contributed by atoms with E-state index in [9.17, 15) is 14.4 Å². The van der Waals surface area contributed by atoms with E-state index in [1.807, 2.05) is 24.3 Å². The zero-order chi connectivity index (χ0) is 19.8. The van der Waals surface area contributed by atoms with Gasteiger partial charge in [-0.25, -0.2) is 9.59 Å². The second kappa shape index (κ2) is 7.22. The standard InChI is InChI=1S/C21H23N3O4/c1-12-7-8-17-15(11-12)18(14-5-3-4-6-16(14)23-17)20(26)28-13(2)19(25)24-10-9-22-21(24)27/h3-6,12-13H,7-11H2,1-2H3,(H,22,27)/t12-,13-/m0/s1. The molecule has 0 radical (unpaired) electrons. The Balaban J connectivity index is 1.67. The number of amides is 3. The van der Waals surface area contributed by atoms with Crippen molar-refractivity contribution in [3.05, 3.63) is 41.1 Å². The third-order valence-electron chi connectivity index (χ3n) is 5.46. The fourth-order valence-corrected chi connectivity index (χ4v) is 3.97. The second-order valence-corrected chi connectivity index (χ2v) is 7.55. The molecule has 2 heterocycles. The number of nitrogens with zero attached hydrogens (tertiary/aromatic N) is 2. The molecular formula is C21H23N3O4. The van der Waals surface area contributed by atoms with Crippen molar-refractivity contribution in [2.24, 2.45) is 5.92 Å². The summed E-state index contributed by atoms with van der Waals surface area (Å²) in [6, 6.07) is 7.05. The van der Waals surface area contributed by atoms with Gasteiger partial charge in [0.1, 0.15) is 0 Å². The molecule has 1 aliphatic carbocycles. The van der Waals surface area contributed by atoms with Gasteiger partial charge in [-0.3, -0.25) is 14.7 Å². The Kier molecular flexibility index (Phi) is 4.75. The molecule has 1 aliphatic heterocycles. The molecule has 4 rings (SSSR count). The molecule has 146 valence electrons. The highest BCUT2D eigenvalue weighted by molar-refractivity contribution is 6.06. The van der Waals surface area contributed by atoms with Crippen LogP contribution in [0.25, 0.3) is 10.9 Å². The van der Waals surface area contributed by atoms with Gasteiger partial charge in [-0.2, -0.15) is 0 Å². The number of para-hydroxylation sites is 1. The van der Waals surface area contributed by atoms with Crippen molar-refractivity contribution >= 4 is 28.8 Å². The Morgan fingerprint density at radius 3 is 2.86 bits per heavy atom. The molecule has 1 saturated heterocycles. The lowest BCUT2D eigenvalue weighted by atomic mass is 9.84. The number of esters is 1. The summed E-state index contributed by atoms with van der Waals surface area (Å²) in [6.07, 6.45) is 1.57. The van der Waals surface area contributed by atoms with Gasteiger partial charge in [-0.15, -0.1) is 0 Å². The Morgan fingerprint density at radius 2 is 2.11 bits per heavy atom. The molecule has 0 unspecified atom stereocenters. The monoisotopic (exact) mass is 381 g/mol. The number of imide groups is 1. The van der Waals surface area contributed by atoms with Crippen LogP contribution >= 0.6 is 0 Å². The molecule has 7 heteroatoms. The van der Waals surface area contributed by atoms with Crippen molar-refractivity contribution in [3.8, 4) is 0 Å². The molecule has 2 atom stereocenters. The Labute approximate surface area is 163 Å². The van der Waals surface area contributed by atoms with Gasteiger partial charge >= 0.3 is 12.0 Å². The number of pyridine rings is 1. The third-order valence-corrected chi connectivity index (χ3v) is 5.46. The summed E-state index contributed by atoms with van der Waals surface area (Å²) in [5.74, 6) is -0.595. The number of carbonyl (C=O) groups excluding carboxylic acids is 3. The van der Waals surface area contributed by atoms with Crippen LogP contribution in [0.1, 0.15) is 41.9 Å². The molecule has 2 aliphatic rings. The molecule has 1 aromatic heterocycles. The van der Waals surface area contributed by atoms with E-state index in [0.29, 0.717) is 18.0 Å². The number of urea groups is 1. The summed E-state index contributed by atoms with van der Waals surface area (Å²) >= 11 is 0. The number of carbonyl (C=O) groups is 3. The van der Waals surface area contributed by atoms with Crippen LogP contribution in [0.4, 0.5) is 4.79 Å². The third kappa shape index (κ3) is 3.21. The van der Waals surface area contributed by atoms with E-state index in [0.717, 1.165) is 46.3 Å². The van der Waals surface area contributed by atoms with Gasteiger partial charge < -0.3 is 10.1 Å². The average Bonchev–Trinajstić information content (AvgIpc) is 3.11. The fourth-order valence-electron chi connectivity index (χ4n) is 3.97. The molecule has 7 nitrogen and oxygen atoms in total. The van der Waals surface area contributed by atoms with Crippen molar-refractivity contribution in [1.29, 1.82) is 0 Å². The molecule has 0 spiro atoms. The number of aryl methyl sites for hydroxylation is 1. The van der Waals surface area contributed by atoms with E-state index < -0.39 is 24.0 Å². The van der Waals surface area contributed by atoms with Crippen LogP contribution in [0.2, 0.25) is 0 Å². The molecular weight excluding hydrogens is 358 g/mol. The largest absolute Gasteiger partial charge is 0.449 e. The molecule has 2 aromatic rings. The van der Waals surface area contributed by atoms with Gasteiger partial charge in [0.05, 0.1) is 11.1 Å². The van der Waals surface area contributed by atoms with Gasteiger partial charge in [0, 0.05) is 24.2 Å². The normalized spacial score (nSPS) is 19.9. The van der Waals surface area contributed by atoms with Gasteiger partial charge in [-0.05, 0) is 43.7 Å². The van der Waals surface area contributed by atoms with Gasteiger partial charge in [-0.1, -0.05) is 25.1 Å². The lowest BCUT2D eigenvalue weighted by Gasteiger charge is -2.25. The highest BCUT2D eigenvalue weighted by Gasteiger charge is 2.33. The zero-order valence-corrected chi connectivity index (χ0v) is 16.0. The minimum Gasteiger partial charge on any atom is -0.449 e. The maximum Gasteiger partial charge on any atom is 0.339 e. The topological polar surface area (TPSA) is 88.6 Å². The number of nitrogens with one attached hydrogen (secondary N) is 1. The summed E-state index contributed by atoms with van der Waals surface area (Å²) in [5, 5.41) is 3.31.